The molecule has 0 saturated heterocycles. The number of aromatic amines is 1. The van der Waals surface area contributed by atoms with Crippen LogP contribution in [0.25, 0.3) is 0 Å². The molecule has 1 aromatic heterocycles. The van der Waals surface area contributed by atoms with Gasteiger partial charge in [0.2, 0.25) is 5.91 Å². The first kappa shape index (κ1) is 20.2. The van der Waals surface area contributed by atoms with Crippen LogP contribution in [0.15, 0.2) is 65.8 Å². The molecule has 0 aliphatic carbocycles. The van der Waals surface area contributed by atoms with Crippen LogP contribution >= 0.6 is 11.8 Å². The number of hydrogen-bond acceptors (Lipinski definition) is 3. The molecule has 5 heteroatoms. The number of rotatable bonds is 8. The Balaban J connectivity index is 1.61. The van der Waals surface area contributed by atoms with Gasteiger partial charge >= 0.3 is 0 Å². The van der Waals surface area contributed by atoms with E-state index in [1.807, 2.05) is 48.2 Å². The molecule has 0 aliphatic rings. The van der Waals surface area contributed by atoms with E-state index >= 15 is 0 Å². The van der Waals surface area contributed by atoms with Crippen LogP contribution in [0.4, 0.5) is 0 Å². The number of imidazole rings is 1. The number of amides is 1. The van der Waals surface area contributed by atoms with Gasteiger partial charge in [0, 0.05) is 24.7 Å². The number of nitrogens with zero attached hydrogens (tertiary/aromatic N) is 2. The molecule has 0 radical (unpaired) electrons. The first-order valence-corrected chi connectivity index (χ1v) is 10.6. The predicted octanol–water partition coefficient (Wildman–Crippen LogP) is 4.84. The number of H-pyrrole nitrogens is 1. The summed E-state index contributed by atoms with van der Waals surface area (Å²) in [6, 6.07) is 20.6. The third-order valence-electron chi connectivity index (χ3n) is 4.65. The molecule has 146 valence electrons. The maximum atomic E-state index is 12.8. The van der Waals surface area contributed by atoms with Crippen molar-refractivity contribution < 1.29 is 4.79 Å². The van der Waals surface area contributed by atoms with Crippen LogP contribution in [-0.4, -0.2) is 32.6 Å². The molecule has 0 spiro atoms. The van der Waals surface area contributed by atoms with E-state index in [4.69, 9.17) is 4.98 Å². The van der Waals surface area contributed by atoms with Gasteiger partial charge in [0.25, 0.3) is 0 Å². The minimum absolute atomic E-state index is 0.127. The number of aryl methyl sites for hydroxylation is 1. The Labute approximate surface area is 171 Å². The highest BCUT2D eigenvalue weighted by Crippen LogP contribution is 2.20. The van der Waals surface area contributed by atoms with Crippen LogP contribution in [-0.2, 0) is 17.8 Å². The zero-order valence-electron chi connectivity index (χ0n) is 16.7. The smallest absolute Gasteiger partial charge is 0.233 e. The van der Waals surface area contributed by atoms with Gasteiger partial charge in [-0.1, -0.05) is 72.4 Å². The average Bonchev–Trinajstić information content (AvgIpc) is 3.05. The molecule has 0 atom stereocenters. The summed E-state index contributed by atoms with van der Waals surface area (Å²) in [6.45, 7) is 6.78. The highest BCUT2D eigenvalue weighted by molar-refractivity contribution is 7.99. The van der Waals surface area contributed by atoms with Crippen LogP contribution in [0.1, 0.15) is 36.4 Å². The van der Waals surface area contributed by atoms with Crippen LogP contribution in [0.2, 0.25) is 0 Å². The van der Waals surface area contributed by atoms with Crippen molar-refractivity contribution in [2.45, 2.75) is 44.9 Å². The minimum atomic E-state index is 0.127. The summed E-state index contributed by atoms with van der Waals surface area (Å²) >= 11 is 1.47. The summed E-state index contributed by atoms with van der Waals surface area (Å²) in [5, 5.41) is 0.806. The molecule has 1 N–H and O–H groups in total. The Morgan fingerprint density at radius 1 is 1.04 bits per heavy atom. The normalized spacial score (nSPS) is 11.0. The Bertz CT molecular complexity index is 891. The molecule has 0 aliphatic heterocycles. The van der Waals surface area contributed by atoms with E-state index in [2.05, 4.69) is 43.1 Å². The Morgan fingerprint density at radius 2 is 1.64 bits per heavy atom. The topological polar surface area (TPSA) is 49.0 Å². The van der Waals surface area contributed by atoms with Crippen molar-refractivity contribution in [1.29, 1.82) is 0 Å². The van der Waals surface area contributed by atoms with Gasteiger partial charge in [-0.25, -0.2) is 4.98 Å². The molecule has 28 heavy (non-hydrogen) atoms. The summed E-state index contributed by atoms with van der Waals surface area (Å²) in [4.78, 5) is 22.7. The van der Waals surface area contributed by atoms with Crippen molar-refractivity contribution >= 4 is 17.7 Å². The predicted molar refractivity (Wildman–Crippen MR) is 115 cm³/mol. The maximum Gasteiger partial charge on any atom is 0.233 e. The first-order chi connectivity index (χ1) is 13.5. The summed E-state index contributed by atoms with van der Waals surface area (Å²) in [5.74, 6) is 0.505. The third-order valence-corrected chi connectivity index (χ3v) is 5.51. The van der Waals surface area contributed by atoms with Gasteiger partial charge in [-0.2, -0.15) is 0 Å². The van der Waals surface area contributed by atoms with E-state index < -0.39 is 0 Å². The van der Waals surface area contributed by atoms with Crippen LogP contribution in [0.3, 0.4) is 0 Å². The number of aromatic nitrogens is 2. The molecule has 1 amide bonds. The minimum Gasteiger partial charge on any atom is -0.337 e. The number of benzene rings is 2. The molecular formula is C23H27N3OS. The van der Waals surface area contributed by atoms with E-state index in [9.17, 15) is 4.79 Å². The lowest BCUT2D eigenvalue weighted by Crippen LogP contribution is -2.37. The average molecular weight is 394 g/mol. The van der Waals surface area contributed by atoms with Crippen molar-refractivity contribution in [3.8, 4) is 0 Å². The summed E-state index contributed by atoms with van der Waals surface area (Å²) < 4.78 is 0. The molecule has 4 nitrogen and oxygen atoms in total. The van der Waals surface area contributed by atoms with Crippen molar-refractivity contribution in [1.82, 2.24) is 14.9 Å². The monoisotopic (exact) mass is 393 g/mol. The van der Waals surface area contributed by atoms with Gasteiger partial charge in [0.15, 0.2) is 5.16 Å². The van der Waals surface area contributed by atoms with Crippen molar-refractivity contribution in [3.05, 3.63) is 83.2 Å². The van der Waals surface area contributed by atoms with Gasteiger partial charge in [-0.3, -0.25) is 4.79 Å². The Morgan fingerprint density at radius 3 is 2.25 bits per heavy atom. The summed E-state index contributed by atoms with van der Waals surface area (Å²) in [6.07, 6.45) is 0.795. The molecule has 0 bridgehead atoms. The second-order valence-corrected chi connectivity index (χ2v) is 8.13. The number of carbonyl (C=O) groups is 1. The van der Waals surface area contributed by atoms with E-state index in [-0.39, 0.29) is 11.9 Å². The molecule has 0 saturated carbocycles. The van der Waals surface area contributed by atoms with Crippen molar-refractivity contribution in [2.75, 3.05) is 5.75 Å². The van der Waals surface area contributed by atoms with Crippen molar-refractivity contribution in [2.24, 2.45) is 0 Å². The van der Waals surface area contributed by atoms with Crippen LogP contribution < -0.4 is 0 Å². The number of carbonyl (C=O) groups excluding carboxylic acids is 1. The highest BCUT2D eigenvalue weighted by atomic mass is 32.2. The van der Waals surface area contributed by atoms with Gasteiger partial charge in [0.05, 0.1) is 11.4 Å². The second-order valence-electron chi connectivity index (χ2n) is 7.17. The highest BCUT2D eigenvalue weighted by Gasteiger charge is 2.18. The van der Waals surface area contributed by atoms with Gasteiger partial charge < -0.3 is 9.88 Å². The van der Waals surface area contributed by atoms with Crippen molar-refractivity contribution in [3.63, 3.8) is 0 Å². The van der Waals surface area contributed by atoms with Gasteiger partial charge in [0.1, 0.15) is 0 Å². The number of hydrogen-bond donors (Lipinski definition) is 1. The zero-order chi connectivity index (χ0) is 19.9. The lowest BCUT2D eigenvalue weighted by molar-refractivity contribution is -0.130. The quantitative estimate of drug-likeness (QED) is 0.557. The molecular weight excluding hydrogens is 366 g/mol. The van der Waals surface area contributed by atoms with E-state index in [1.165, 1.54) is 17.3 Å². The van der Waals surface area contributed by atoms with Crippen LogP contribution in [0, 0.1) is 6.92 Å². The lowest BCUT2D eigenvalue weighted by Gasteiger charge is -2.26. The van der Waals surface area contributed by atoms with Gasteiger partial charge in [-0.15, -0.1) is 0 Å². The lowest BCUT2D eigenvalue weighted by atomic mass is 10.1. The van der Waals surface area contributed by atoms with Crippen LogP contribution in [0.5, 0.6) is 0 Å². The van der Waals surface area contributed by atoms with E-state index in [0.717, 1.165) is 28.5 Å². The summed E-state index contributed by atoms with van der Waals surface area (Å²) in [7, 11) is 0. The number of nitrogens with one attached hydrogen (secondary N) is 1. The standard InChI is InChI=1S/C23H27N3OS/c1-17(2)26(15-20-12-8-5-9-13-20)22(27)16-28-23-24-18(3)21(25-23)14-19-10-6-4-7-11-19/h4-13,17H,14-16H2,1-3H3,(H,24,25). The summed E-state index contributed by atoms with van der Waals surface area (Å²) in [5.41, 5.74) is 4.47. The van der Waals surface area contributed by atoms with E-state index in [0.29, 0.717) is 12.3 Å². The molecule has 0 fully saturated rings. The molecule has 0 unspecified atom stereocenters. The number of thioether (sulfide) groups is 1. The fourth-order valence-electron chi connectivity index (χ4n) is 3.05. The zero-order valence-corrected chi connectivity index (χ0v) is 17.5. The SMILES string of the molecule is Cc1[nH]c(SCC(=O)N(Cc2ccccc2)C(C)C)nc1Cc1ccccc1. The Kier molecular flexibility index (Phi) is 6.93. The first-order valence-electron chi connectivity index (χ1n) is 9.58. The largest absolute Gasteiger partial charge is 0.337 e. The molecule has 1 heterocycles. The fourth-order valence-corrected chi connectivity index (χ4v) is 3.87. The molecule has 2 aromatic carbocycles. The van der Waals surface area contributed by atoms with Gasteiger partial charge in [-0.05, 0) is 31.9 Å². The second kappa shape index (κ2) is 9.60. The Hall–Kier alpha value is -2.53. The molecule has 3 aromatic rings. The van der Waals surface area contributed by atoms with E-state index in [1.54, 1.807) is 0 Å². The third kappa shape index (κ3) is 5.49. The maximum absolute atomic E-state index is 12.8. The fraction of sp³-hybridized carbons (Fsp3) is 0.304. The molecule has 3 rings (SSSR count).